The van der Waals surface area contributed by atoms with E-state index in [4.69, 9.17) is 0 Å². The van der Waals surface area contributed by atoms with Crippen LogP contribution in [0.15, 0.2) is 97.1 Å². The van der Waals surface area contributed by atoms with Crippen molar-refractivity contribution in [3.8, 4) is 0 Å². The summed E-state index contributed by atoms with van der Waals surface area (Å²) in [5.41, 5.74) is 0.949. The largest absolute Gasteiger partial charge is 0.303 e. The molecule has 3 rings (SSSR count). The summed E-state index contributed by atoms with van der Waals surface area (Å²) in [5, 5.41) is 2.54. The van der Waals surface area contributed by atoms with Crippen molar-refractivity contribution in [1.82, 2.24) is 0 Å². The maximum Gasteiger partial charge on any atom is 0.137 e. The average Bonchev–Trinajstić information content (AvgIpc) is 2.72. The van der Waals surface area contributed by atoms with Crippen molar-refractivity contribution in [2.45, 2.75) is 31.4 Å². The average molecular weight is 385 g/mol. The van der Waals surface area contributed by atoms with Gasteiger partial charge in [0.15, 0.2) is 0 Å². The maximum atomic E-state index is 12.5. The monoisotopic (exact) mass is 384 g/mol. The van der Waals surface area contributed by atoms with E-state index >= 15 is 0 Å². The summed E-state index contributed by atoms with van der Waals surface area (Å²) < 4.78 is 0. The van der Waals surface area contributed by atoms with E-state index in [9.17, 15) is 4.79 Å². The molecule has 142 valence electrons. The van der Waals surface area contributed by atoms with Gasteiger partial charge in [-0.05, 0) is 10.6 Å². The summed E-state index contributed by atoms with van der Waals surface area (Å²) >= 11 is 0. The lowest BCUT2D eigenvalue weighted by molar-refractivity contribution is -0.107. The van der Waals surface area contributed by atoms with Crippen LogP contribution in [0.25, 0.3) is 6.08 Å². The number of allylic oxidation sites excluding steroid dienone is 1. The van der Waals surface area contributed by atoms with Gasteiger partial charge in [-0.15, -0.1) is 0 Å². The van der Waals surface area contributed by atoms with Crippen molar-refractivity contribution in [1.29, 1.82) is 0 Å². The summed E-state index contributed by atoms with van der Waals surface area (Å²) in [6.07, 6.45) is 5.38. The Morgan fingerprint density at radius 2 is 1.14 bits per heavy atom. The van der Waals surface area contributed by atoms with Crippen LogP contribution in [-0.2, 0) is 4.79 Å². The summed E-state index contributed by atoms with van der Waals surface area (Å²) in [4.78, 5) is 12.5. The second-order valence-electron chi connectivity index (χ2n) is 8.22. The van der Waals surface area contributed by atoms with E-state index in [1.807, 2.05) is 30.3 Å². The molecule has 0 aliphatic rings. The highest BCUT2D eigenvalue weighted by Gasteiger charge is 2.52. The molecule has 3 aromatic rings. The van der Waals surface area contributed by atoms with Gasteiger partial charge in [0.2, 0.25) is 0 Å². The molecule has 0 saturated heterocycles. The van der Waals surface area contributed by atoms with Crippen molar-refractivity contribution in [3.05, 3.63) is 103 Å². The summed E-state index contributed by atoms with van der Waals surface area (Å²) in [5.74, 6) is 0. The minimum atomic E-state index is -2.49. The van der Waals surface area contributed by atoms with E-state index < -0.39 is 8.07 Å². The summed E-state index contributed by atoms with van der Waals surface area (Å²) in [6.45, 7) is 6.85. The molecule has 0 aliphatic heterocycles. The molecule has 0 heterocycles. The van der Waals surface area contributed by atoms with E-state index in [1.54, 1.807) is 0 Å². The highest BCUT2D eigenvalue weighted by Crippen LogP contribution is 2.43. The van der Waals surface area contributed by atoms with Gasteiger partial charge in [0.25, 0.3) is 0 Å². The van der Waals surface area contributed by atoms with E-state index in [0.717, 1.165) is 11.8 Å². The van der Waals surface area contributed by atoms with E-state index in [2.05, 4.69) is 93.6 Å². The number of carbonyl (C=O) groups excluding carboxylic acids is 1. The summed E-state index contributed by atoms with van der Waals surface area (Å²) in [6, 6.07) is 31.5. The first kappa shape index (κ1) is 20.0. The third-order valence-electron chi connectivity index (χ3n) is 5.58. The van der Waals surface area contributed by atoms with Gasteiger partial charge in [-0.1, -0.05) is 134 Å². The molecule has 0 aliphatic carbocycles. The minimum Gasteiger partial charge on any atom is -0.303 e. The lowest BCUT2D eigenvalue weighted by Gasteiger charge is -2.46. The first-order valence-corrected chi connectivity index (χ1v) is 11.9. The molecule has 0 saturated carbocycles. The first-order valence-electron chi connectivity index (χ1n) is 9.80. The van der Waals surface area contributed by atoms with Gasteiger partial charge >= 0.3 is 0 Å². The lowest BCUT2D eigenvalue weighted by Crippen LogP contribution is -2.67. The fourth-order valence-corrected chi connectivity index (χ4v) is 10.3. The SMILES string of the molecule is CC(C)(C)[Si](c1ccccc1)(c1ccccc1)[C@H](C=O)/C=C/c1ccccc1. The van der Waals surface area contributed by atoms with E-state index in [-0.39, 0.29) is 10.6 Å². The minimum absolute atomic E-state index is 0.0533. The van der Waals surface area contributed by atoms with Crippen LogP contribution in [0.5, 0.6) is 0 Å². The van der Waals surface area contributed by atoms with Gasteiger partial charge in [-0.2, -0.15) is 0 Å². The van der Waals surface area contributed by atoms with Crippen LogP contribution in [0.4, 0.5) is 0 Å². The fourth-order valence-electron chi connectivity index (χ4n) is 4.39. The molecule has 0 amide bonds. The quantitative estimate of drug-likeness (QED) is 0.414. The number of hydrogen-bond acceptors (Lipinski definition) is 1. The Hall–Kier alpha value is -2.71. The van der Waals surface area contributed by atoms with E-state index in [1.165, 1.54) is 10.4 Å². The molecule has 1 nitrogen and oxygen atoms in total. The van der Waals surface area contributed by atoms with Crippen molar-refractivity contribution < 1.29 is 4.79 Å². The molecule has 0 fully saturated rings. The lowest BCUT2D eigenvalue weighted by atomic mass is 10.2. The zero-order chi connectivity index (χ0) is 20.0. The second-order valence-corrected chi connectivity index (χ2v) is 13.2. The second kappa shape index (κ2) is 8.53. The first-order chi connectivity index (χ1) is 13.5. The Bertz CT molecular complexity index is 869. The van der Waals surface area contributed by atoms with Crippen molar-refractivity contribution in [2.24, 2.45) is 0 Å². The fraction of sp³-hybridized carbons (Fsp3) is 0.192. The van der Waals surface area contributed by atoms with Crippen molar-refractivity contribution in [2.75, 3.05) is 0 Å². The number of rotatable bonds is 6. The van der Waals surface area contributed by atoms with Crippen LogP contribution in [0.1, 0.15) is 26.3 Å². The molecular weight excluding hydrogens is 356 g/mol. The number of hydrogen-bond donors (Lipinski definition) is 0. The van der Waals surface area contributed by atoms with Crippen molar-refractivity contribution in [3.63, 3.8) is 0 Å². The maximum absolute atomic E-state index is 12.5. The van der Waals surface area contributed by atoms with Gasteiger partial charge in [-0.25, -0.2) is 0 Å². The van der Waals surface area contributed by atoms with Crippen LogP contribution in [0.3, 0.4) is 0 Å². The van der Waals surface area contributed by atoms with Gasteiger partial charge in [0, 0.05) is 5.54 Å². The highest BCUT2D eigenvalue weighted by atomic mass is 28.3. The molecule has 1 atom stereocenters. The Morgan fingerprint density at radius 3 is 1.54 bits per heavy atom. The molecular formula is C26H28OSi. The molecule has 0 spiro atoms. The molecule has 0 radical (unpaired) electrons. The number of aldehydes is 1. The number of carbonyl (C=O) groups is 1. The van der Waals surface area contributed by atoms with Crippen LogP contribution < -0.4 is 10.4 Å². The highest BCUT2D eigenvalue weighted by molar-refractivity contribution is 7.07. The van der Waals surface area contributed by atoms with Crippen LogP contribution in [0, 0.1) is 0 Å². The molecule has 2 heteroatoms. The van der Waals surface area contributed by atoms with Gasteiger partial charge in [0.1, 0.15) is 14.4 Å². The van der Waals surface area contributed by atoms with Crippen molar-refractivity contribution >= 4 is 30.8 Å². The van der Waals surface area contributed by atoms with Gasteiger partial charge in [-0.3, -0.25) is 0 Å². The smallest absolute Gasteiger partial charge is 0.137 e. The standard InChI is InChI=1S/C26H28OSi/c1-26(2,3)28(23-15-9-5-10-16-23,24-17-11-6-12-18-24)25(21-27)20-19-22-13-7-4-8-14-22/h4-21,25H,1-3H3/b20-19+/t25-/m0/s1. The zero-order valence-electron chi connectivity index (χ0n) is 16.9. The van der Waals surface area contributed by atoms with Crippen LogP contribution in [-0.4, -0.2) is 14.4 Å². The third-order valence-corrected chi connectivity index (χ3v) is 11.8. The Morgan fingerprint density at radius 1 is 0.714 bits per heavy atom. The summed E-state index contributed by atoms with van der Waals surface area (Å²) in [7, 11) is -2.49. The number of benzene rings is 3. The van der Waals surface area contributed by atoms with Crippen LogP contribution in [0.2, 0.25) is 10.6 Å². The zero-order valence-corrected chi connectivity index (χ0v) is 17.9. The molecule has 28 heavy (non-hydrogen) atoms. The normalized spacial score (nSPS) is 13.4. The van der Waals surface area contributed by atoms with E-state index in [0.29, 0.717) is 0 Å². The predicted molar refractivity (Wildman–Crippen MR) is 123 cm³/mol. The molecule has 0 aromatic heterocycles. The Kier molecular flexibility index (Phi) is 6.10. The molecule has 0 N–H and O–H groups in total. The Balaban J connectivity index is 2.25. The predicted octanol–water partition coefficient (Wildman–Crippen LogP) is 5.33. The molecule has 0 unspecified atom stereocenters. The molecule has 3 aromatic carbocycles. The van der Waals surface area contributed by atoms with Gasteiger partial charge < -0.3 is 4.79 Å². The molecule has 0 bridgehead atoms. The Labute approximate surface area is 169 Å². The topological polar surface area (TPSA) is 17.1 Å². The van der Waals surface area contributed by atoms with Gasteiger partial charge in [0.05, 0.1) is 0 Å². The third kappa shape index (κ3) is 3.78. The van der Waals surface area contributed by atoms with Crippen LogP contribution >= 0.6 is 0 Å².